The second-order valence-electron chi connectivity index (χ2n) is 11.8. The Morgan fingerprint density at radius 1 is 0.435 bits per heavy atom. The minimum absolute atomic E-state index is 0.0168. The van der Waals surface area contributed by atoms with Gasteiger partial charge in [-0.05, 0) is 102 Å². The van der Waals surface area contributed by atoms with E-state index in [0.717, 1.165) is 21.9 Å². The highest BCUT2D eigenvalue weighted by atomic mass is 16.5. The van der Waals surface area contributed by atoms with Crippen molar-refractivity contribution in [2.45, 2.75) is 5.41 Å². The summed E-state index contributed by atoms with van der Waals surface area (Å²) in [6.07, 6.45) is 0. The van der Waals surface area contributed by atoms with Crippen molar-refractivity contribution in [2.75, 3.05) is 0 Å². The van der Waals surface area contributed by atoms with E-state index in [4.69, 9.17) is 15.7 Å². The summed E-state index contributed by atoms with van der Waals surface area (Å²) in [5.74, 6) is 0.0396. The zero-order valence-corrected chi connectivity index (χ0v) is 23.9. The first-order valence-electron chi connectivity index (χ1n) is 21.5. The fourth-order valence-electron chi connectivity index (χ4n) is 7.83. The molecule has 1 nitrogen and oxygen atoms in total. The van der Waals surface area contributed by atoms with Crippen LogP contribution < -0.4 is 4.74 Å². The average molecular weight is 596 g/mol. The van der Waals surface area contributed by atoms with Gasteiger partial charge < -0.3 is 4.74 Å². The van der Waals surface area contributed by atoms with Crippen LogP contribution in [0.15, 0.2) is 157 Å². The molecule has 212 valence electrons. The summed E-state index contributed by atoms with van der Waals surface area (Å²) in [6, 6.07) is 18.8. The van der Waals surface area contributed by atoms with E-state index < -0.39 is 47.7 Å². The molecule has 1 spiro atoms. The fraction of sp³-hybridized carbons (Fsp3) is 0.0222. The Balaban J connectivity index is 1.30. The summed E-state index contributed by atoms with van der Waals surface area (Å²) in [7, 11) is 0. The minimum atomic E-state index is -1.54. The second-order valence-corrected chi connectivity index (χ2v) is 11.8. The molecule has 46 heavy (non-hydrogen) atoms. The van der Waals surface area contributed by atoms with Crippen LogP contribution >= 0.6 is 0 Å². The van der Waals surface area contributed by atoms with Crippen molar-refractivity contribution in [1.29, 1.82) is 0 Å². The van der Waals surface area contributed by atoms with Crippen LogP contribution in [-0.4, -0.2) is 0 Å². The Labute approximate surface area is 285 Å². The quantitative estimate of drug-likeness (QED) is 0.183. The van der Waals surface area contributed by atoms with Gasteiger partial charge in [0.05, 0.1) is 23.2 Å². The molecule has 1 heteroatoms. The van der Waals surface area contributed by atoms with Crippen LogP contribution in [0.5, 0.6) is 11.5 Å². The molecule has 0 aromatic heterocycles. The predicted molar refractivity (Wildman–Crippen MR) is 189 cm³/mol. The maximum Gasteiger partial charge on any atom is 0.135 e. The van der Waals surface area contributed by atoms with E-state index in [1.165, 1.54) is 6.07 Å². The lowest BCUT2D eigenvalue weighted by molar-refractivity contribution is 0.487. The van der Waals surface area contributed by atoms with Gasteiger partial charge in [0.15, 0.2) is 0 Å². The summed E-state index contributed by atoms with van der Waals surface area (Å²) >= 11 is 0. The molecule has 0 fully saturated rings. The number of ether oxygens (including phenoxy) is 1. The first kappa shape index (κ1) is 15.4. The highest BCUT2D eigenvalue weighted by Crippen LogP contribution is 2.62. The summed E-state index contributed by atoms with van der Waals surface area (Å²) in [4.78, 5) is 0. The monoisotopic (exact) mass is 595 g/mol. The van der Waals surface area contributed by atoms with Gasteiger partial charge in [-0.1, -0.05) is 133 Å². The molecule has 0 amide bonds. The maximum absolute atomic E-state index is 10.2. The lowest BCUT2D eigenvalue weighted by Crippen LogP contribution is -2.31. The van der Waals surface area contributed by atoms with E-state index in [0.29, 0.717) is 11.1 Å². The Kier molecular flexibility index (Phi) is 2.88. The van der Waals surface area contributed by atoms with Crippen LogP contribution in [0.1, 0.15) is 40.1 Å². The minimum Gasteiger partial charge on any atom is -0.456 e. The first-order valence-corrected chi connectivity index (χ1v) is 15.0. The largest absolute Gasteiger partial charge is 0.456 e. The van der Waals surface area contributed by atoms with E-state index in [1.54, 1.807) is 12.1 Å². The van der Waals surface area contributed by atoms with E-state index in [-0.39, 0.29) is 103 Å². The molecule has 8 aromatic rings. The smallest absolute Gasteiger partial charge is 0.135 e. The van der Waals surface area contributed by atoms with Crippen molar-refractivity contribution >= 4 is 21.5 Å². The van der Waals surface area contributed by atoms with Crippen molar-refractivity contribution in [3.05, 3.63) is 180 Å². The molecule has 1 unspecified atom stereocenters. The number of fused-ring (bicyclic) bond motifs is 11. The predicted octanol–water partition coefficient (Wildman–Crippen LogP) is 11.8. The zero-order valence-electron chi connectivity index (χ0n) is 36.9. The number of hydrogen-bond donors (Lipinski definition) is 0. The molecule has 2 aliphatic carbocycles. The van der Waals surface area contributed by atoms with Crippen LogP contribution in [0.4, 0.5) is 0 Å². The molecule has 0 bridgehead atoms. The zero-order chi connectivity index (χ0) is 41.3. The Hall–Kier alpha value is -5.92. The van der Waals surface area contributed by atoms with Gasteiger partial charge in [-0.15, -0.1) is 0 Å². The van der Waals surface area contributed by atoms with Crippen LogP contribution in [0.25, 0.3) is 66.1 Å². The molecule has 1 aliphatic heterocycles. The third-order valence-corrected chi connectivity index (χ3v) is 9.65. The van der Waals surface area contributed by atoms with Gasteiger partial charge >= 0.3 is 0 Å². The summed E-state index contributed by atoms with van der Waals surface area (Å²) < 4.78 is 124. The van der Waals surface area contributed by atoms with Gasteiger partial charge in [-0.25, -0.2) is 0 Å². The lowest BCUT2D eigenvalue weighted by atomic mass is 9.61. The van der Waals surface area contributed by atoms with Crippen molar-refractivity contribution in [1.82, 2.24) is 0 Å². The van der Waals surface area contributed by atoms with Crippen LogP contribution in [0, 0.1) is 0 Å². The van der Waals surface area contributed by atoms with Crippen molar-refractivity contribution in [3.8, 4) is 56.0 Å². The molecule has 1 heterocycles. The molecule has 11 rings (SSSR count). The van der Waals surface area contributed by atoms with Gasteiger partial charge in [0.2, 0.25) is 0 Å². The Morgan fingerprint density at radius 3 is 2.17 bits per heavy atom. The first-order chi connectivity index (χ1) is 28.2. The average Bonchev–Trinajstić information content (AvgIpc) is 3.56. The molecule has 3 aliphatic rings. The molecule has 0 N–H and O–H groups in total. The van der Waals surface area contributed by atoms with E-state index in [2.05, 4.69) is 0 Å². The molecule has 0 saturated carbocycles. The number of rotatable bonds is 1. The topological polar surface area (TPSA) is 9.23 Å². The van der Waals surface area contributed by atoms with E-state index >= 15 is 0 Å². The second kappa shape index (κ2) is 8.62. The lowest BCUT2D eigenvalue weighted by Gasteiger charge is -2.40. The van der Waals surface area contributed by atoms with Gasteiger partial charge in [0, 0.05) is 10.9 Å². The van der Waals surface area contributed by atoms with Crippen molar-refractivity contribution < 1.29 is 22.6 Å². The Bertz CT molecular complexity index is 3340. The fourth-order valence-corrected chi connectivity index (χ4v) is 7.83. The molecule has 1 atom stereocenters. The number of hydrogen-bond acceptors (Lipinski definition) is 1. The normalized spacial score (nSPS) is 20.0. The highest BCUT2D eigenvalue weighted by molar-refractivity contribution is 6.07. The van der Waals surface area contributed by atoms with Crippen molar-refractivity contribution in [3.63, 3.8) is 0 Å². The van der Waals surface area contributed by atoms with Crippen molar-refractivity contribution in [2.24, 2.45) is 0 Å². The SMILES string of the molecule is [2H]c1c([2H])c([2H])c2c(c1[2H])-c1c([2H])c([2H])c(-c3ccc4c(c3)-c3c([2H])c([2H])c([2H])c5c([2H])c([2H])c([2H])c(c35)O4)c([2H])c1C21c2ccccc2-c2cccc3cccc1c23. The van der Waals surface area contributed by atoms with E-state index in [1.807, 2.05) is 60.7 Å². The van der Waals surface area contributed by atoms with Gasteiger partial charge in [0.25, 0.3) is 0 Å². The van der Waals surface area contributed by atoms with Crippen LogP contribution in [0.2, 0.25) is 0 Å². The summed E-state index contributed by atoms with van der Waals surface area (Å²) in [5, 5.41) is 1.68. The standard InChI is InChI=1S/C45H26O/c1-3-17-37-31(13-1)33-23-21-30(29-22-24-41-36(25-29)35-16-6-10-28-12-8-20-42(46-41)44(28)35)26-40(33)45(37)38-18-4-2-14-32(38)34-15-5-9-27-11-7-19-39(45)43(27)34/h1-26H/i1D,3D,6D,8D,10D,12D,13D,16D,17D,20D,21D,23D,26D. The molecule has 0 saturated heterocycles. The molecule has 8 aromatic carbocycles. The van der Waals surface area contributed by atoms with Crippen LogP contribution in [0.3, 0.4) is 0 Å². The van der Waals surface area contributed by atoms with Crippen LogP contribution in [-0.2, 0) is 5.41 Å². The Morgan fingerprint density at radius 2 is 1.22 bits per heavy atom. The molecular weight excluding hydrogens is 556 g/mol. The number of benzene rings is 8. The summed E-state index contributed by atoms with van der Waals surface area (Å²) in [5.41, 5.74) is 2.70. The summed E-state index contributed by atoms with van der Waals surface area (Å²) in [6.45, 7) is 0. The maximum atomic E-state index is 10.2. The van der Waals surface area contributed by atoms with Gasteiger partial charge in [0.1, 0.15) is 11.5 Å². The highest BCUT2D eigenvalue weighted by Gasteiger charge is 2.50. The third kappa shape index (κ3) is 2.91. The van der Waals surface area contributed by atoms with Gasteiger partial charge in [-0.3, -0.25) is 0 Å². The van der Waals surface area contributed by atoms with E-state index in [9.17, 15) is 6.85 Å². The van der Waals surface area contributed by atoms with Gasteiger partial charge in [-0.2, -0.15) is 0 Å². The molecule has 0 radical (unpaired) electrons. The molecular formula is C45H26O. The third-order valence-electron chi connectivity index (χ3n) is 9.65.